The quantitative estimate of drug-likeness (QED) is 0.735. The first-order valence-electron chi connectivity index (χ1n) is 10.4. The number of carbonyl (C=O) groups excluding carboxylic acids is 1. The topological polar surface area (TPSA) is 74.6 Å². The third-order valence-electron chi connectivity index (χ3n) is 6.32. The molecule has 1 amide bonds. The van der Waals surface area contributed by atoms with Gasteiger partial charge < -0.3 is 14.8 Å². The van der Waals surface area contributed by atoms with E-state index in [1.165, 1.54) is 5.56 Å². The molecule has 0 aromatic heterocycles. The molecule has 1 N–H and O–H groups in total. The Hall–Kier alpha value is -2.75. The largest absolute Gasteiger partial charge is 0.493 e. The summed E-state index contributed by atoms with van der Waals surface area (Å²) < 4.78 is 10.7. The van der Waals surface area contributed by atoms with Crippen LogP contribution in [0.25, 0.3) is 0 Å². The summed E-state index contributed by atoms with van der Waals surface area (Å²) in [5.74, 6) is 0.914. The number of nitriles is 1. The first-order chi connectivity index (χ1) is 14.6. The smallest absolute Gasteiger partial charge is 0.255 e. The average molecular weight is 442 g/mol. The van der Waals surface area contributed by atoms with Crippen LogP contribution < -0.4 is 14.8 Å². The molecule has 2 aromatic rings. The van der Waals surface area contributed by atoms with Gasteiger partial charge in [0, 0.05) is 24.7 Å². The Bertz CT molecular complexity index is 944. The van der Waals surface area contributed by atoms with Crippen molar-refractivity contribution in [1.29, 1.82) is 5.26 Å². The molecule has 31 heavy (non-hydrogen) atoms. The first-order valence-corrected chi connectivity index (χ1v) is 10.4. The number of halogens is 1. The highest BCUT2D eigenvalue weighted by Crippen LogP contribution is 2.37. The summed E-state index contributed by atoms with van der Waals surface area (Å²) in [6.07, 6.45) is 4.22. The number of amides is 1. The lowest BCUT2D eigenvalue weighted by Gasteiger charge is -2.39. The number of nitrogens with zero attached hydrogens (tertiary/aromatic N) is 2. The van der Waals surface area contributed by atoms with Crippen molar-refractivity contribution in [2.24, 2.45) is 0 Å². The van der Waals surface area contributed by atoms with Gasteiger partial charge in [-0.2, -0.15) is 5.26 Å². The van der Waals surface area contributed by atoms with E-state index in [2.05, 4.69) is 16.3 Å². The molecule has 0 aliphatic carbocycles. The molecular formula is C24H28ClN3O3. The van der Waals surface area contributed by atoms with Gasteiger partial charge in [-0.15, -0.1) is 12.4 Å². The van der Waals surface area contributed by atoms with Crippen molar-refractivity contribution in [3.63, 3.8) is 0 Å². The molecule has 2 saturated heterocycles. The van der Waals surface area contributed by atoms with Crippen LogP contribution in [0.15, 0.2) is 42.5 Å². The number of rotatable bonds is 6. The van der Waals surface area contributed by atoms with E-state index >= 15 is 0 Å². The number of carbonyl (C=O) groups is 1. The Morgan fingerprint density at radius 1 is 1.10 bits per heavy atom. The van der Waals surface area contributed by atoms with Crippen LogP contribution in [0.1, 0.15) is 47.2 Å². The van der Waals surface area contributed by atoms with Gasteiger partial charge in [-0.05, 0) is 55.5 Å². The number of nitrogens with one attached hydrogen (secondary N) is 1. The normalized spacial score (nSPS) is 22.2. The molecule has 2 atom stereocenters. The zero-order valence-electron chi connectivity index (χ0n) is 17.8. The molecule has 2 heterocycles. The second-order valence-corrected chi connectivity index (χ2v) is 8.05. The minimum atomic E-state index is -0.115. The number of para-hydroxylation sites is 1. The lowest BCUT2D eigenvalue weighted by atomic mass is 9.96. The van der Waals surface area contributed by atoms with E-state index in [1.807, 2.05) is 24.3 Å². The summed E-state index contributed by atoms with van der Waals surface area (Å²) in [7, 11) is 3.12. The third-order valence-corrected chi connectivity index (χ3v) is 6.32. The van der Waals surface area contributed by atoms with Crippen LogP contribution in [-0.2, 0) is 6.54 Å². The highest BCUT2D eigenvalue weighted by Gasteiger charge is 2.41. The summed E-state index contributed by atoms with van der Waals surface area (Å²) in [5.41, 5.74) is 2.43. The highest BCUT2D eigenvalue weighted by atomic mass is 35.5. The average Bonchev–Trinajstić information content (AvgIpc) is 3.01. The lowest BCUT2D eigenvalue weighted by molar-refractivity contribution is 0.0825. The maximum absolute atomic E-state index is 12.9. The van der Waals surface area contributed by atoms with Crippen molar-refractivity contribution in [2.75, 3.05) is 14.2 Å². The Balaban J connectivity index is 0.00000272. The van der Waals surface area contributed by atoms with Gasteiger partial charge in [-0.3, -0.25) is 9.69 Å². The molecule has 6 nitrogen and oxygen atoms in total. The number of piperidine rings is 1. The molecule has 2 aromatic carbocycles. The van der Waals surface area contributed by atoms with Crippen molar-refractivity contribution >= 4 is 18.3 Å². The van der Waals surface area contributed by atoms with Gasteiger partial charge in [0.2, 0.25) is 0 Å². The Labute approximate surface area is 189 Å². The van der Waals surface area contributed by atoms with Crippen LogP contribution in [0.2, 0.25) is 0 Å². The molecule has 2 fully saturated rings. The van der Waals surface area contributed by atoms with E-state index < -0.39 is 0 Å². The highest BCUT2D eigenvalue weighted by molar-refractivity contribution is 5.98. The van der Waals surface area contributed by atoms with Gasteiger partial charge in [0.05, 0.1) is 31.4 Å². The SMILES string of the molecule is COc1cccc(C(=O)NC2CC3CCC(C2)N3Cc2ccc(C#N)cc2)c1OC.Cl. The second kappa shape index (κ2) is 10.0. The Morgan fingerprint density at radius 3 is 2.35 bits per heavy atom. The van der Waals surface area contributed by atoms with Crippen LogP contribution in [-0.4, -0.2) is 43.2 Å². The van der Waals surface area contributed by atoms with Crippen LogP contribution in [0.3, 0.4) is 0 Å². The standard InChI is InChI=1S/C24H27N3O3.ClH/c1-29-22-5-3-4-21(23(22)30-2)24(28)26-18-12-19-10-11-20(13-18)27(19)15-17-8-6-16(14-25)7-9-17;/h3-9,18-20H,10-13,15H2,1-2H3,(H,26,28);1H. The molecule has 0 spiro atoms. The molecule has 7 heteroatoms. The van der Waals surface area contributed by atoms with Gasteiger partial charge in [-0.1, -0.05) is 18.2 Å². The monoisotopic (exact) mass is 441 g/mol. The van der Waals surface area contributed by atoms with Gasteiger partial charge >= 0.3 is 0 Å². The molecular weight excluding hydrogens is 414 g/mol. The van der Waals surface area contributed by atoms with Crippen molar-refractivity contribution in [1.82, 2.24) is 10.2 Å². The van der Waals surface area contributed by atoms with Gasteiger partial charge in [0.15, 0.2) is 11.5 Å². The molecule has 2 unspecified atom stereocenters. The summed E-state index contributed by atoms with van der Waals surface area (Å²) in [4.78, 5) is 15.5. The number of fused-ring (bicyclic) bond motifs is 2. The maximum atomic E-state index is 12.9. The summed E-state index contributed by atoms with van der Waals surface area (Å²) in [6, 6.07) is 16.5. The molecule has 2 bridgehead atoms. The molecule has 4 rings (SSSR count). The molecule has 0 saturated carbocycles. The minimum Gasteiger partial charge on any atom is -0.493 e. The molecule has 2 aliphatic heterocycles. The number of methoxy groups -OCH3 is 2. The van der Waals surface area contributed by atoms with Crippen molar-refractivity contribution in [3.8, 4) is 17.6 Å². The lowest BCUT2D eigenvalue weighted by Crippen LogP contribution is -2.50. The van der Waals surface area contributed by atoms with E-state index in [1.54, 1.807) is 32.4 Å². The van der Waals surface area contributed by atoms with Crippen LogP contribution in [0.4, 0.5) is 0 Å². The number of ether oxygens (including phenoxy) is 2. The van der Waals surface area contributed by atoms with Crippen LogP contribution in [0, 0.1) is 11.3 Å². The number of benzene rings is 2. The van der Waals surface area contributed by atoms with Crippen LogP contribution in [0.5, 0.6) is 11.5 Å². The zero-order chi connectivity index (χ0) is 21.1. The zero-order valence-corrected chi connectivity index (χ0v) is 18.7. The van der Waals surface area contributed by atoms with E-state index in [4.69, 9.17) is 14.7 Å². The number of hydrogen-bond donors (Lipinski definition) is 1. The predicted octanol–water partition coefficient (Wildman–Crippen LogP) is 3.92. The van der Waals surface area contributed by atoms with Gasteiger partial charge in [0.25, 0.3) is 5.91 Å². The third kappa shape index (κ3) is 4.79. The fourth-order valence-corrected chi connectivity index (χ4v) is 4.87. The minimum absolute atomic E-state index is 0. The summed E-state index contributed by atoms with van der Waals surface area (Å²) in [6.45, 7) is 0.894. The molecule has 164 valence electrons. The van der Waals surface area contributed by atoms with E-state index in [-0.39, 0.29) is 24.4 Å². The summed E-state index contributed by atoms with van der Waals surface area (Å²) >= 11 is 0. The van der Waals surface area contributed by atoms with Crippen molar-refractivity contribution in [2.45, 2.75) is 50.4 Å². The van der Waals surface area contributed by atoms with E-state index in [9.17, 15) is 4.79 Å². The number of hydrogen-bond acceptors (Lipinski definition) is 5. The second-order valence-electron chi connectivity index (χ2n) is 8.05. The van der Waals surface area contributed by atoms with Crippen molar-refractivity contribution in [3.05, 3.63) is 59.2 Å². The summed E-state index contributed by atoms with van der Waals surface area (Å²) in [5, 5.41) is 12.2. The Kier molecular flexibility index (Phi) is 7.42. The molecule has 0 radical (unpaired) electrons. The van der Waals surface area contributed by atoms with Crippen LogP contribution >= 0.6 is 12.4 Å². The molecule has 2 aliphatic rings. The maximum Gasteiger partial charge on any atom is 0.255 e. The van der Waals surface area contributed by atoms with Crippen molar-refractivity contribution < 1.29 is 14.3 Å². The first kappa shape index (κ1) is 22.9. The van der Waals surface area contributed by atoms with Gasteiger partial charge in [0.1, 0.15) is 0 Å². The Morgan fingerprint density at radius 2 is 1.77 bits per heavy atom. The van der Waals surface area contributed by atoms with Gasteiger partial charge in [-0.25, -0.2) is 0 Å². The fourth-order valence-electron chi connectivity index (χ4n) is 4.87. The fraction of sp³-hybridized carbons (Fsp3) is 0.417. The van der Waals surface area contributed by atoms with E-state index in [0.717, 1.165) is 32.2 Å². The van der Waals surface area contributed by atoms with E-state index in [0.29, 0.717) is 34.7 Å². The predicted molar refractivity (Wildman–Crippen MR) is 121 cm³/mol.